The zero-order chi connectivity index (χ0) is 14.0. The van der Waals surface area contributed by atoms with Crippen molar-refractivity contribution in [2.75, 3.05) is 19.6 Å². The second-order valence-electron chi connectivity index (χ2n) is 6.47. The van der Waals surface area contributed by atoms with E-state index in [1.165, 1.54) is 19.3 Å². The van der Waals surface area contributed by atoms with Crippen LogP contribution in [0.4, 0.5) is 0 Å². The molecule has 0 bridgehead atoms. The van der Waals surface area contributed by atoms with E-state index in [2.05, 4.69) is 0 Å². The Balaban J connectivity index is 2.10. The van der Waals surface area contributed by atoms with Gasteiger partial charge in [-0.05, 0) is 19.3 Å². The Morgan fingerprint density at radius 1 is 1.26 bits per heavy atom. The van der Waals surface area contributed by atoms with Gasteiger partial charge in [-0.15, -0.1) is 0 Å². The maximum Gasteiger partial charge on any atom is 0.310 e. The number of carboxylic acids is 1. The van der Waals surface area contributed by atoms with Crippen molar-refractivity contribution >= 4 is 11.9 Å². The van der Waals surface area contributed by atoms with Gasteiger partial charge in [0.05, 0.1) is 32.5 Å². The van der Waals surface area contributed by atoms with Gasteiger partial charge in [-0.2, -0.15) is 0 Å². The van der Waals surface area contributed by atoms with Crippen molar-refractivity contribution in [2.45, 2.75) is 45.1 Å². The molecule has 0 aromatic carbocycles. The van der Waals surface area contributed by atoms with Crippen molar-refractivity contribution in [2.24, 2.45) is 17.6 Å². The maximum atomic E-state index is 12.1. The van der Waals surface area contributed by atoms with Crippen molar-refractivity contribution in [3.05, 3.63) is 0 Å². The molecule has 5 nitrogen and oxygen atoms in total. The first-order chi connectivity index (χ1) is 8.91. The molecule has 108 valence electrons. The fourth-order valence-corrected chi connectivity index (χ4v) is 3.69. The number of quaternary nitrogens is 1. The molecule has 1 amide bonds. The number of hydrogen-bond acceptors (Lipinski definition) is 3. The molecule has 0 radical (unpaired) electrons. The molecule has 1 heterocycles. The molecular weight excluding hydrogens is 244 g/mol. The zero-order valence-electron chi connectivity index (χ0n) is 11.7. The first-order valence-electron chi connectivity index (χ1n) is 7.26. The third-order valence-electron chi connectivity index (χ3n) is 4.79. The topological polar surface area (TPSA) is 80.4 Å². The van der Waals surface area contributed by atoms with Crippen LogP contribution in [0.25, 0.3) is 0 Å². The van der Waals surface area contributed by atoms with Gasteiger partial charge in [0.15, 0.2) is 0 Å². The molecule has 0 spiro atoms. The fraction of sp³-hybridized carbons (Fsp3) is 0.857. The van der Waals surface area contributed by atoms with Crippen LogP contribution in [0, 0.1) is 11.8 Å². The number of nitrogens with two attached hydrogens (primary N) is 1. The lowest BCUT2D eigenvalue weighted by Gasteiger charge is -2.46. The largest absolute Gasteiger partial charge is 0.481 e. The summed E-state index contributed by atoms with van der Waals surface area (Å²) in [5.74, 6) is 0.0201. The third-order valence-corrected chi connectivity index (χ3v) is 4.79. The van der Waals surface area contributed by atoms with Crippen LogP contribution >= 0.6 is 0 Å². The van der Waals surface area contributed by atoms with Crippen LogP contribution in [0.3, 0.4) is 0 Å². The molecule has 2 aliphatic rings. The Morgan fingerprint density at radius 2 is 1.95 bits per heavy atom. The number of hydrogen-bond donors (Lipinski definition) is 2. The number of carboxylic acid groups (broad SMARTS) is 1. The number of aliphatic carboxylic acids is 1. The van der Waals surface area contributed by atoms with Crippen molar-refractivity contribution in [1.82, 2.24) is 0 Å². The molecule has 0 aromatic rings. The van der Waals surface area contributed by atoms with E-state index in [0.29, 0.717) is 23.5 Å². The number of nitrogens with zero attached hydrogens (tertiary/aromatic N) is 1. The van der Waals surface area contributed by atoms with E-state index in [9.17, 15) is 9.59 Å². The SMILES string of the molecule is CC(=O)[N+]1(CC2CCC2)CC(N)CC(CC(=O)O)C1. The molecule has 5 heteroatoms. The molecule has 1 aliphatic heterocycles. The molecule has 1 aliphatic carbocycles. The Morgan fingerprint density at radius 3 is 2.42 bits per heavy atom. The lowest BCUT2D eigenvalue weighted by molar-refractivity contribution is -0.868. The first kappa shape index (κ1) is 14.5. The summed E-state index contributed by atoms with van der Waals surface area (Å²) in [5, 5.41) is 8.97. The summed E-state index contributed by atoms with van der Waals surface area (Å²) in [6, 6.07) is -0.0536. The fourth-order valence-electron chi connectivity index (χ4n) is 3.69. The predicted octanol–water partition coefficient (Wildman–Crippen LogP) is 0.972. The minimum absolute atomic E-state index is 0.0326. The molecule has 2 fully saturated rings. The number of amides is 1. The summed E-state index contributed by atoms with van der Waals surface area (Å²) >= 11 is 0. The molecule has 3 N–H and O–H groups in total. The number of rotatable bonds is 4. The van der Waals surface area contributed by atoms with Crippen LogP contribution in [0.2, 0.25) is 0 Å². The van der Waals surface area contributed by atoms with Crippen LogP contribution in [0.5, 0.6) is 0 Å². The van der Waals surface area contributed by atoms with Crippen LogP contribution in [0.1, 0.15) is 39.0 Å². The lowest BCUT2D eigenvalue weighted by Crippen LogP contribution is -2.64. The van der Waals surface area contributed by atoms with E-state index < -0.39 is 5.97 Å². The average Bonchev–Trinajstić information content (AvgIpc) is 2.21. The molecular formula is C14H25N2O3+. The number of piperidine rings is 1. The van der Waals surface area contributed by atoms with E-state index in [1.54, 1.807) is 6.92 Å². The van der Waals surface area contributed by atoms with Gasteiger partial charge in [-0.25, -0.2) is 4.79 Å². The van der Waals surface area contributed by atoms with Gasteiger partial charge < -0.3 is 10.8 Å². The summed E-state index contributed by atoms with van der Waals surface area (Å²) in [5.41, 5.74) is 6.09. The lowest BCUT2D eigenvalue weighted by atomic mass is 9.82. The Labute approximate surface area is 114 Å². The minimum atomic E-state index is -0.788. The molecule has 3 unspecified atom stereocenters. The molecule has 2 rings (SSSR count). The average molecular weight is 269 g/mol. The Kier molecular flexibility index (Phi) is 4.26. The van der Waals surface area contributed by atoms with E-state index in [0.717, 1.165) is 13.0 Å². The first-order valence-corrected chi connectivity index (χ1v) is 7.26. The second-order valence-corrected chi connectivity index (χ2v) is 6.47. The van der Waals surface area contributed by atoms with Gasteiger partial charge in [0.1, 0.15) is 6.54 Å². The highest BCUT2D eigenvalue weighted by molar-refractivity contribution is 5.68. The van der Waals surface area contributed by atoms with Gasteiger partial charge >= 0.3 is 11.9 Å². The van der Waals surface area contributed by atoms with Crippen molar-refractivity contribution in [1.29, 1.82) is 0 Å². The number of carbonyl (C=O) groups is 2. The minimum Gasteiger partial charge on any atom is -0.481 e. The second kappa shape index (κ2) is 5.59. The highest BCUT2D eigenvalue weighted by Crippen LogP contribution is 2.33. The predicted molar refractivity (Wildman–Crippen MR) is 71.2 cm³/mol. The van der Waals surface area contributed by atoms with Gasteiger partial charge in [0.25, 0.3) is 0 Å². The van der Waals surface area contributed by atoms with Crippen molar-refractivity contribution in [3.8, 4) is 0 Å². The molecule has 1 saturated heterocycles. The molecule has 19 heavy (non-hydrogen) atoms. The maximum absolute atomic E-state index is 12.1. The van der Waals surface area contributed by atoms with Crippen molar-refractivity contribution in [3.63, 3.8) is 0 Å². The summed E-state index contributed by atoms with van der Waals surface area (Å²) in [6.07, 6.45) is 4.52. The quantitative estimate of drug-likeness (QED) is 0.745. The molecule has 1 saturated carbocycles. The summed E-state index contributed by atoms with van der Waals surface area (Å²) in [6.45, 7) is 3.83. The van der Waals surface area contributed by atoms with Gasteiger partial charge in [0.2, 0.25) is 0 Å². The number of carbonyl (C=O) groups excluding carboxylic acids is 1. The smallest absolute Gasteiger partial charge is 0.310 e. The standard InChI is InChI=1S/C14H24N2O3/c1-10(17)16(7-11-3-2-4-11)8-12(6-14(18)19)5-13(15)9-16/h11-13H,2-9,15H2,1H3/p+1. The van der Waals surface area contributed by atoms with Crippen LogP contribution < -0.4 is 5.73 Å². The third kappa shape index (κ3) is 3.34. The van der Waals surface area contributed by atoms with Crippen LogP contribution in [0.15, 0.2) is 0 Å². The summed E-state index contributed by atoms with van der Waals surface area (Å²) in [7, 11) is 0. The number of likely N-dealkylation sites (tertiary alicyclic amines) is 1. The summed E-state index contributed by atoms with van der Waals surface area (Å²) in [4.78, 5) is 23.1. The summed E-state index contributed by atoms with van der Waals surface area (Å²) < 4.78 is 0.407. The van der Waals surface area contributed by atoms with Crippen LogP contribution in [-0.4, -0.2) is 47.1 Å². The van der Waals surface area contributed by atoms with E-state index >= 15 is 0 Å². The monoisotopic (exact) mass is 269 g/mol. The molecule has 3 atom stereocenters. The normalized spacial score (nSPS) is 35.7. The zero-order valence-corrected chi connectivity index (χ0v) is 11.7. The highest BCUT2D eigenvalue weighted by Gasteiger charge is 2.45. The Bertz CT molecular complexity index is 368. The highest BCUT2D eigenvalue weighted by atomic mass is 16.4. The van der Waals surface area contributed by atoms with E-state index in [1.807, 2.05) is 0 Å². The van der Waals surface area contributed by atoms with Gasteiger partial charge in [-0.1, -0.05) is 6.42 Å². The van der Waals surface area contributed by atoms with Crippen molar-refractivity contribution < 1.29 is 19.2 Å². The van der Waals surface area contributed by atoms with Crippen LogP contribution in [-0.2, 0) is 9.59 Å². The van der Waals surface area contributed by atoms with E-state index in [-0.39, 0.29) is 24.3 Å². The van der Waals surface area contributed by atoms with Gasteiger partial charge in [0, 0.05) is 11.8 Å². The van der Waals surface area contributed by atoms with Gasteiger partial charge in [-0.3, -0.25) is 9.28 Å². The molecule has 0 aromatic heterocycles. The Hall–Kier alpha value is -0.940. The van der Waals surface area contributed by atoms with E-state index in [4.69, 9.17) is 10.8 Å².